The lowest BCUT2D eigenvalue weighted by molar-refractivity contribution is -0.143. The monoisotopic (exact) mass is 427 g/mol. The van der Waals surface area contributed by atoms with Gasteiger partial charge < -0.3 is 4.74 Å². The van der Waals surface area contributed by atoms with Crippen LogP contribution in [-0.2, 0) is 29.1 Å². The number of rotatable bonds is 8. The van der Waals surface area contributed by atoms with Gasteiger partial charge in [0.05, 0.1) is 5.75 Å². The van der Waals surface area contributed by atoms with Crippen LogP contribution < -0.4 is 0 Å². The van der Waals surface area contributed by atoms with Gasteiger partial charge in [-0.25, -0.2) is 12.7 Å². The highest BCUT2D eigenvalue weighted by Gasteiger charge is 2.44. The average Bonchev–Trinajstić information content (AvgIpc) is 2.94. The predicted octanol–water partition coefficient (Wildman–Crippen LogP) is 2.28. The predicted molar refractivity (Wildman–Crippen MR) is 109 cm³/mol. The lowest BCUT2D eigenvalue weighted by atomic mass is 9.78. The molecule has 0 aromatic heterocycles. The Hall–Kier alpha value is -1.74. The molecule has 1 atom stereocenters. The minimum Gasteiger partial charge on any atom is -0.465 e. The van der Waals surface area contributed by atoms with E-state index in [1.165, 1.54) is 19.1 Å². The number of carbonyl (C=O) groups excluding carboxylic acids is 3. The number of ketones is 1. The zero-order valence-electron chi connectivity index (χ0n) is 16.9. The first-order valence-electron chi connectivity index (χ1n) is 9.44. The van der Waals surface area contributed by atoms with Crippen LogP contribution in [0.15, 0.2) is 24.3 Å². The van der Waals surface area contributed by atoms with E-state index in [4.69, 9.17) is 4.74 Å². The Kier molecular flexibility index (Phi) is 6.70. The van der Waals surface area contributed by atoms with Gasteiger partial charge >= 0.3 is 5.97 Å². The van der Waals surface area contributed by atoms with Crippen molar-refractivity contribution in [3.63, 3.8) is 0 Å². The fourth-order valence-electron chi connectivity index (χ4n) is 3.40. The number of sulfonamides is 1. The molecule has 2 aliphatic rings. The minimum absolute atomic E-state index is 0.00387. The van der Waals surface area contributed by atoms with Crippen molar-refractivity contribution in [2.75, 3.05) is 12.4 Å². The molecule has 1 saturated heterocycles. The smallest absolute Gasteiger partial charge is 0.302 e. The van der Waals surface area contributed by atoms with Crippen LogP contribution in [0, 0.1) is 5.41 Å². The highest BCUT2D eigenvalue weighted by Crippen LogP contribution is 2.37. The van der Waals surface area contributed by atoms with Crippen LogP contribution in [0.4, 0.5) is 0 Å². The van der Waals surface area contributed by atoms with Crippen molar-refractivity contribution in [1.82, 2.24) is 4.31 Å². The highest BCUT2D eigenvalue weighted by atomic mass is 32.2. The maximum absolute atomic E-state index is 12.9. The zero-order chi connectivity index (χ0) is 21.2. The summed E-state index contributed by atoms with van der Waals surface area (Å²) in [4.78, 5) is 35.2. The third-order valence-corrected chi connectivity index (χ3v) is 8.93. The summed E-state index contributed by atoms with van der Waals surface area (Å²) in [5, 5.41) is 0. The van der Waals surface area contributed by atoms with Crippen molar-refractivity contribution in [2.45, 2.75) is 57.9 Å². The molecule has 156 valence electrons. The zero-order valence-corrected chi connectivity index (χ0v) is 18.8. The van der Waals surface area contributed by atoms with Crippen LogP contribution in [-0.4, -0.2) is 56.9 Å². The van der Waals surface area contributed by atoms with Gasteiger partial charge in [-0.15, -0.1) is 0 Å². The number of nitrogens with zero attached hydrogens (tertiary/aromatic N) is 1. The average molecular weight is 428 g/mol. The topological polar surface area (TPSA) is 97.8 Å². The number of amides is 1. The molecule has 28 heavy (non-hydrogen) atoms. The van der Waals surface area contributed by atoms with Crippen molar-refractivity contribution in [3.05, 3.63) is 24.3 Å². The Labute approximate surface area is 167 Å². The molecule has 9 heteroatoms. The summed E-state index contributed by atoms with van der Waals surface area (Å²) in [6.07, 6.45) is 6.95. The molecule has 1 aliphatic heterocycles. The number of esters is 1. The summed E-state index contributed by atoms with van der Waals surface area (Å²) >= 11 is 0. The molecule has 0 bridgehead atoms. The maximum Gasteiger partial charge on any atom is 0.302 e. The molecule has 0 aromatic rings. The minimum atomic E-state index is -3.72. The van der Waals surface area contributed by atoms with E-state index in [9.17, 15) is 22.8 Å². The van der Waals surface area contributed by atoms with E-state index in [1.807, 2.05) is 0 Å². The lowest BCUT2D eigenvalue weighted by Gasteiger charge is -2.34. The lowest BCUT2D eigenvalue weighted by Crippen LogP contribution is -2.44. The number of hydrogen-bond donors (Lipinski definition) is 0. The fraction of sp³-hybridized carbons (Fsp3) is 0.632. The van der Waals surface area contributed by atoms with E-state index in [2.05, 4.69) is 19.6 Å². The molecule has 0 unspecified atom stereocenters. The number of carbonyl (C=O) groups is 3. The Morgan fingerprint density at radius 1 is 1.25 bits per heavy atom. The Morgan fingerprint density at radius 3 is 2.39 bits per heavy atom. The van der Waals surface area contributed by atoms with Gasteiger partial charge in [-0.2, -0.15) is 0 Å². The SMILES string of the molecule is CC(=O)OCC1(C[C@@H]2CCC(=O)N2S(=O)(=O)CC[Si](C)(C)C)C=CC(=O)C=C1. The van der Waals surface area contributed by atoms with Gasteiger partial charge in [0.15, 0.2) is 5.78 Å². The molecule has 0 saturated carbocycles. The van der Waals surface area contributed by atoms with E-state index in [0.717, 1.165) is 4.31 Å². The standard InChI is InChI=1S/C19H29NO6SSi/c1-15(21)26-14-19(9-7-17(22)8-10-19)13-16-5-6-18(23)20(16)27(24,25)11-12-28(2,3)4/h7-10,16H,5-6,11-14H2,1-4H3/t16-/m0/s1. The van der Waals surface area contributed by atoms with Crippen molar-refractivity contribution in [3.8, 4) is 0 Å². The molecule has 0 aromatic carbocycles. The molecular formula is C19H29NO6SSi. The van der Waals surface area contributed by atoms with Crippen molar-refractivity contribution >= 4 is 35.8 Å². The summed E-state index contributed by atoms with van der Waals surface area (Å²) in [5.74, 6) is -1.06. The Bertz CT molecular complexity index is 793. The molecule has 2 rings (SSSR count). The van der Waals surface area contributed by atoms with Crippen LogP contribution in [0.1, 0.15) is 26.2 Å². The number of ether oxygens (including phenoxy) is 1. The van der Waals surface area contributed by atoms with E-state index >= 15 is 0 Å². The summed E-state index contributed by atoms with van der Waals surface area (Å²) in [7, 11) is -5.30. The molecule has 1 fully saturated rings. The van der Waals surface area contributed by atoms with Crippen LogP contribution in [0.25, 0.3) is 0 Å². The quantitative estimate of drug-likeness (QED) is 0.435. The van der Waals surface area contributed by atoms with Crippen LogP contribution >= 0.6 is 0 Å². The molecule has 0 N–H and O–H groups in total. The number of hydrogen-bond acceptors (Lipinski definition) is 6. The van der Waals surface area contributed by atoms with E-state index in [0.29, 0.717) is 12.5 Å². The normalized spacial score (nSPS) is 22.0. The van der Waals surface area contributed by atoms with Gasteiger partial charge in [0.2, 0.25) is 15.9 Å². The molecule has 7 nitrogen and oxygen atoms in total. The van der Waals surface area contributed by atoms with Crippen molar-refractivity contribution in [2.24, 2.45) is 5.41 Å². The second-order valence-corrected chi connectivity index (χ2v) is 16.4. The fourth-order valence-corrected chi connectivity index (χ4v) is 8.11. The molecule has 0 radical (unpaired) electrons. The largest absolute Gasteiger partial charge is 0.465 e. The Balaban J connectivity index is 2.24. The van der Waals surface area contributed by atoms with Crippen LogP contribution in [0.2, 0.25) is 25.7 Å². The second-order valence-electron chi connectivity index (χ2n) is 8.80. The van der Waals surface area contributed by atoms with Gasteiger partial charge in [0, 0.05) is 32.9 Å². The molecule has 1 aliphatic carbocycles. The summed E-state index contributed by atoms with van der Waals surface area (Å²) < 4.78 is 32.0. The van der Waals surface area contributed by atoms with Gasteiger partial charge in [-0.05, 0) is 31.0 Å². The first kappa shape index (κ1) is 22.5. The van der Waals surface area contributed by atoms with Crippen molar-refractivity contribution in [1.29, 1.82) is 0 Å². The molecule has 0 spiro atoms. The number of allylic oxidation sites excluding steroid dienone is 2. The first-order valence-corrected chi connectivity index (χ1v) is 14.8. The summed E-state index contributed by atoms with van der Waals surface area (Å²) in [5.41, 5.74) is -0.804. The van der Waals surface area contributed by atoms with E-state index in [-0.39, 0.29) is 36.9 Å². The third kappa shape index (κ3) is 5.87. The molecule has 1 amide bonds. The summed E-state index contributed by atoms with van der Waals surface area (Å²) in [6, 6.07) is 0.0656. The van der Waals surface area contributed by atoms with E-state index < -0.39 is 35.5 Å². The Morgan fingerprint density at radius 2 is 1.86 bits per heavy atom. The first-order chi connectivity index (χ1) is 12.8. The van der Waals surface area contributed by atoms with Gasteiger partial charge in [0.25, 0.3) is 0 Å². The van der Waals surface area contributed by atoms with Crippen LogP contribution in [0.3, 0.4) is 0 Å². The third-order valence-electron chi connectivity index (χ3n) is 5.00. The second kappa shape index (κ2) is 8.32. The van der Waals surface area contributed by atoms with Gasteiger partial charge in [-0.1, -0.05) is 31.8 Å². The maximum atomic E-state index is 12.9. The van der Waals surface area contributed by atoms with Crippen LogP contribution in [0.5, 0.6) is 0 Å². The van der Waals surface area contributed by atoms with Gasteiger partial charge in [-0.3, -0.25) is 14.4 Å². The van der Waals surface area contributed by atoms with Crippen molar-refractivity contribution < 1.29 is 27.5 Å². The summed E-state index contributed by atoms with van der Waals surface area (Å²) in [6.45, 7) is 7.56. The molecule has 1 heterocycles. The highest BCUT2D eigenvalue weighted by molar-refractivity contribution is 7.89. The molecular weight excluding hydrogens is 398 g/mol. The van der Waals surface area contributed by atoms with E-state index in [1.54, 1.807) is 12.2 Å². The van der Waals surface area contributed by atoms with Gasteiger partial charge in [0.1, 0.15) is 6.61 Å².